The van der Waals surface area contributed by atoms with Gasteiger partial charge in [0.2, 0.25) is 0 Å². The molecule has 2 saturated carbocycles. The van der Waals surface area contributed by atoms with Crippen LogP contribution in [0.4, 0.5) is 0 Å². The van der Waals surface area contributed by atoms with Gasteiger partial charge in [-0.2, -0.15) is 0 Å². The van der Waals surface area contributed by atoms with Gasteiger partial charge in [0.15, 0.2) is 0 Å². The van der Waals surface area contributed by atoms with Gasteiger partial charge in [0.1, 0.15) is 0 Å². The quantitative estimate of drug-likeness (QED) is 0.602. The Hall–Kier alpha value is -0.0800. The molecule has 0 amide bonds. The van der Waals surface area contributed by atoms with Gasteiger partial charge < -0.3 is 10.0 Å². The molecule has 0 heterocycles. The number of hydrogen-bond acceptors (Lipinski definition) is 2. The van der Waals surface area contributed by atoms with E-state index >= 15 is 0 Å². The Labute approximate surface area is 68.2 Å². The number of nitrogens with zero attached hydrogens (tertiary/aromatic N) is 1. The van der Waals surface area contributed by atoms with E-state index in [2.05, 4.69) is 19.0 Å². The van der Waals surface area contributed by atoms with Crippen molar-refractivity contribution in [3.05, 3.63) is 0 Å². The Morgan fingerprint density at radius 1 is 1.18 bits per heavy atom. The molecule has 0 aliphatic heterocycles. The number of aliphatic hydroxyl groups excluding tert-OH is 1. The van der Waals surface area contributed by atoms with Crippen molar-refractivity contribution in [2.24, 2.45) is 11.8 Å². The molecule has 4 atom stereocenters. The maximum Gasteiger partial charge on any atom is 0.0726 e. The highest BCUT2D eigenvalue weighted by atomic mass is 16.3. The smallest absolute Gasteiger partial charge is 0.0726 e. The van der Waals surface area contributed by atoms with Crippen LogP contribution in [0.1, 0.15) is 19.3 Å². The van der Waals surface area contributed by atoms with Crippen LogP contribution in [-0.4, -0.2) is 36.2 Å². The van der Waals surface area contributed by atoms with Gasteiger partial charge in [-0.05, 0) is 45.2 Å². The summed E-state index contributed by atoms with van der Waals surface area (Å²) in [6, 6.07) is 0.453. The normalized spacial score (nSPS) is 49.1. The molecule has 0 aromatic rings. The minimum absolute atomic E-state index is 0.0382. The summed E-state index contributed by atoms with van der Waals surface area (Å²) in [6.07, 6.45) is 3.83. The molecule has 0 aromatic carbocycles. The molecular formula is C9H17NO. The second kappa shape index (κ2) is 2.46. The summed E-state index contributed by atoms with van der Waals surface area (Å²) in [6.45, 7) is 0. The Bertz CT molecular complexity index is 156. The lowest BCUT2D eigenvalue weighted by molar-refractivity contribution is 0.0349. The Morgan fingerprint density at radius 2 is 1.82 bits per heavy atom. The fraction of sp³-hybridized carbons (Fsp3) is 1.00. The molecule has 2 bridgehead atoms. The molecule has 2 nitrogen and oxygen atoms in total. The van der Waals surface area contributed by atoms with Crippen LogP contribution in [0.2, 0.25) is 0 Å². The third-order valence-electron chi connectivity index (χ3n) is 3.43. The van der Waals surface area contributed by atoms with Gasteiger partial charge in [-0.25, -0.2) is 0 Å². The zero-order chi connectivity index (χ0) is 8.01. The van der Waals surface area contributed by atoms with Crippen molar-refractivity contribution < 1.29 is 5.11 Å². The first-order valence-corrected chi connectivity index (χ1v) is 4.54. The van der Waals surface area contributed by atoms with E-state index in [0.717, 1.165) is 5.92 Å². The van der Waals surface area contributed by atoms with Gasteiger partial charge in [0, 0.05) is 6.04 Å². The Balaban J connectivity index is 2.11. The second-order valence-electron chi connectivity index (χ2n) is 4.28. The maximum absolute atomic E-state index is 9.81. The van der Waals surface area contributed by atoms with Gasteiger partial charge in [-0.3, -0.25) is 0 Å². The van der Waals surface area contributed by atoms with E-state index in [9.17, 15) is 5.11 Å². The van der Waals surface area contributed by atoms with E-state index in [1.165, 1.54) is 19.3 Å². The summed E-state index contributed by atoms with van der Waals surface area (Å²) in [5.41, 5.74) is 0. The van der Waals surface area contributed by atoms with Gasteiger partial charge >= 0.3 is 0 Å². The van der Waals surface area contributed by atoms with Crippen LogP contribution < -0.4 is 0 Å². The number of hydrogen-bond donors (Lipinski definition) is 1. The molecular weight excluding hydrogens is 138 g/mol. The first-order valence-electron chi connectivity index (χ1n) is 4.54. The van der Waals surface area contributed by atoms with Crippen LogP contribution in [0, 0.1) is 11.8 Å². The van der Waals surface area contributed by atoms with E-state index in [4.69, 9.17) is 0 Å². The molecule has 64 valence electrons. The molecule has 2 fully saturated rings. The summed E-state index contributed by atoms with van der Waals surface area (Å²) >= 11 is 0. The van der Waals surface area contributed by atoms with Crippen molar-refractivity contribution >= 4 is 0 Å². The molecule has 2 aliphatic carbocycles. The second-order valence-corrected chi connectivity index (χ2v) is 4.28. The lowest BCUT2D eigenvalue weighted by Gasteiger charge is -2.32. The summed E-state index contributed by atoms with van der Waals surface area (Å²) in [5.74, 6) is 1.40. The monoisotopic (exact) mass is 155 g/mol. The summed E-state index contributed by atoms with van der Waals surface area (Å²) in [4.78, 5) is 2.19. The Morgan fingerprint density at radius 3 is 2.18 bits per heavy atom. The largest absolute Gasteiger partial charge is 0.391 e. The first-order chi connectivity index (χ1) is 5.20. The highest BCUT2D eigenvalue weighted by Gasteiger charge is 2.47. The van der Waals surface area contributed by atoms with Crippen LogP contribution in [0.5, 0.6) is 0 Å². The van der Waals surface area contributed by atoms with Crippen molar-refractivity contribution in [3.63, 3.8) is 0 Å². The average molecular weight is 155 g/mol. The summed E-state index contributed by atoms with van der Waals surface area (Å²) < 4.78 is 0. The molecule has 0 radical (unpaired) electrons. The minimum Gasteiger partial charge on any atom is -0.391 e. The lowest BCUT2D eigenvalue weighted by atomic mass is 9.92. The average Bonchev–Trinajstić information content (AvgIpc) is 2.44. The molecule has 0 aromatic heterocycles. The van der Waals surface area contributed by atoms with Gasteiger partial charge in [-0.15, -0.1) is 0 Å². The van der Waals surface area contributed by atoms with Crippen molar-refractivity contribution in [1.82, 2.24) is 4.90 Å². The van der Waals surface area contributed by atoms with E-state index < -0.39 is 0 Å². The summed E-state index contributed by atoms with van der Waals surface area (Å²) in [5, 5.41) is 9.81. The highest BCUT2D eigenvalue weighted by molar-refractivity contribution is 5.00. The van der Waals surface area contributed by atoms with Crippen molar-refractivity contribution in [2.75, 3.05) is 14.1 Å². The molecule has 0 unspecified atom stereocenters. The van der Waals surface area contributed by atoms with Crippen LogP contribution in [0.25, 0.3) is 0 Å². The van der Waals surface area contributed by atoms with E-state index in [1.807, 2.05) is 0 Å². The third-order valence-corrected chi connectivity index (χ3v) is 3.43. The zero-order valence-corrected chi connectivity index (χ0v) is 7.33. The molecule has 2 heteroatoms. The highest BCUT2D eigenvalue weighted by Crippen LogP contribution is 2.46. The predicted octanol–water partition coefficient (Wildman–Crippen LogP) is 0.707. The number of fused-ring (bicyclic) bond motifs is 2. The van der Waals surface area contributed by atoms with Crippen molar-refractivity contribution in [3.8, 4) is 0 Å². The first kappa shape index (κ1) is 7.56. The number of likely N-dealkylation sites (N-methyl/N-ethyl adjacent to an activating group) is 1. The molecule has 0 saturated heterocycles. The van der Waals surface area contributed by atoms with Gasteiger partial charge in [-0.1, -0.05) is 0 Å². The fourth-order valence-electron chi connectivity index (χ4n) is 2.96. The number of aliphatic hydroxyl groups is 1. The summed E-state index contributed by atoms with van der Waals surface area (Å²) in [7, 11) is 4.16. The third kappa shape index (κ3) is 1.00. The topological polar surface area (TPSA) is 23.5 Å². The maximum atomic E-state index is 9.81. The minimum atomic E-state index is -0.0382. The molecule has 0 spiro atoms. The van der Waals surface area contributed by atoms with Gasteiger partial charge in [0.05, 0.1) is 6.10 Å². The fourth-order valence-corrected chi connectivity index (χ4v) is 2.96. The Kier molecular flexibility index (Phi) is 1.69. The standard InChI is InChI=1S/C9H17NO/c1-10(2)8-6-3-4-7(5-6)9(8)11/h6-9,11H,3-5H2,1-2H3/t6-,7+,8-,9-/m0/s1. The molecule has 2 rings (SSSR count). The van der Waals surface area contributed by atoms with Gasteiger partial charge in [0.25, 0.3) is 0 Å². The van der Waals surface area contributed by atoms with E-state index in [-0.39, 0.29) is 6.10 Å². The van der Waals surface area contributed by atoms with Crippen molar-refractivity contribution in [2.45, 2.75) is 31.4 Å². The van der Waals surface area contributed by atoms with Crippen LogP contribution in [0.3, 0.4) is 0 Å². The van der Waals surface area contributed by atoms with E-state index in [1.54, 1.807) is 0 Å². The molecule has 2 aliphatic rings. The lowest BCUT2D eigenvalue weighted by Crippen LogP contribution is -2.43. The van der Waals surface area contributed by atoms with Crippen LogP contribution in [0.15, 0.2) is 0 Å². The van der Waals surface area contributed by atoms with Crippen LogP contribution >= 0.6 is 0 Å². The van der Waals surface area contributed by atoms with Crippen molar-refractivity contribution in [1.29, 1.82) is 0 Å². The van der Waals surface area contributed by atoms with Crippen LogP contribution in [-0.2, 0) is 0 Å². The number of rotatable bonds is 1. The predicted molar refractivity (Wildman–Crippen MR) is 44.3 cm³/mol. The SMILES string of the molecule is CN(C)[C@H]1[C@H]2CC[C@H](C2)[C@@H]1O. The molecule has 11 heavy (non-hydrogen) atoms. The van der Waals surface area contributed by atoms with E-state index in [0.29, 0.717) is 12.0 Å². The molecule has 1 N–H and O–H groups in total. The zero-order valence-electron chi connectivity index (χ0n) is 7.33.